The van der Waals surface area contributed by atoms with Gasteiger partial charge < -0.3 is 5.73 Å². The van der Waals surface area contributed by atoms with E-state index in [2.05, 4.69) is 15.9 Å². The van der Waals surface area contributed by atoms with Crippen molar-refractivity contribution in [2.75, 3.05) is 12.3 Å². The molecule has 1 aromatic heterocycles. The Morgan fingerprint density at radius 1 is 1.53 bits per heavy atom. The quantitative estimate of drug-likeness (QED) is 0.905. The fourth-order valence-corrected chi connectivity index (χ4v) is 4.91. The number of halogens is 1. The van der Waals surface area contributed by atoms with Gasteiger partial charge in [0.25, 0.3) is 0 Å². The van der Waals surface area contributed by atoms with Crippen LogP contribution in [0.3, 0.4) is 0 Å². The van der Waals surface area contributed by atoms with Crippen molar-refractivity contribution in [1.29, 1.82) is 0 Å². The Labute approximate surface area is 103 Å². The largest absolute Gasteiger partial charge is 0.330 e. The van der Waals surface area contributed by atoms with Crippen LogP contribution in [0.2, 0.25) is 0 Å². The minimum atomic E-state index is -3.02. The van der Waals surface area contributed by atoms with Crippen molar-refractivity contribution in [2.45, 2.75) is 12.7 Å². The van der Waals surface area contributed by atoms with E-state index in [0.717, 1.165) is 8.66 Å². The van der Waals surface area contributed by atoms with Crippen LogP contribution in [-0.4, -0.2) is 20.7 Å². The lowest BCUT2D eigenvalue weighted by Gasteiger charge is -2.08. The van der Waals surface area contributed by atoms with E-state index >= 15 is 0 Å². The maximum atomic E-state index is 11.7. The van der Waals surface area contributed by atoms with E-state index in [1.54, 1.807) is 0 Å². The minimum Gasteiger partial charge on any atom is -0.330 e. The van der Waals surface area contributed by atoms with Crippen molar-refractivity contribution in [2.24, 2.45) is 11.7 Å². The summed E-state index contributed by atoms with van der Waals surface area (Å²) in [6.07, 6.45) is 0. The Kier molecular flexibility index (Phi) is 4.76. The van der Waals surface area contributed by atoms with Crippen LogP contribution >= 0.6 is 27.3 Å². The summed E-state index contributed by atoms with van der Waals surface area (Å²) in [5.41, 5.74) is 5.41. The van der Waals surface area contributed by atoms with Gasteiger partial charge >= 0.3 is 0 Å². The fraction of sp³-hybridized carbons (Fsp3) is 0.556. The molecule has 0 bridgehead atoms. The lowest BCUT2D eigenvalue weighted by atomic mass is 10.2. The Bertz CT molecular complexity index is 414. The van der Waals surface area contributed by atoms with Crippen molar-refractivity contribution in [3.8, 4) is 0 Å². The predicted molar refractivity (Wildman–Crippen MR) is 67.7 cm³/mol. The highest BCUT2D eigenvalue weighted by molar-refractivity contribution is 9.11. The summed E-state index contributed by atoms with van der Waals surface area (Å²) >= 11 is 4.76. The van der Waals surface area contributed by atoms with Gasteiger partial charge in [-0.3, -0.25) is 0 Å². The van der Waals surface area contributed by atoms with Crippen LogP contribution in [0.4, 0.5) is 0 Å². The van der Waals surface area contributed by atoms with Crippen molar-refractivity contribution < 1.29 is 8.42 Å². The van der Waals surface area contributed by atoms with Crippen LogP contribution in [0.1, 0.15) is 11.8 Å². The molecular formula is C9H14BrNO2S2. The monoisotopic (exact) mass is 311 g/mol. The maximum absolute atomic E-state index is 11.7. The molecule has 0 fully saturated rings. The van der Waals surface area contributed by atoms with E-state index in [0.29, 0.717) is 6.54 Å². The molecule has 0 aliphatic heterocycles. The summed E-state index contributed by atoms with van der Waals surface area (Å²) in [5, 5.41) is 0. The van der Waals surface area contributed by atoms with Gasteiger partial charge in [-0.05, 0) is 40.5 Å². The SMILES string of the molecule is CC(CN)CS(=O)(=O)Cc1ccc(Br)s1. The van der Waals surface area contributed by atoms with E-state index in [-0.39, 0.29) is 17.4 Å². The number of hydrogen-bond acceptors (Lipinski definition) is 4. The zero-order valence-electron chi connectivity index (χ0n) is 8.44. The highest BCUT2D eigenvalue weighted by Crippen LogP contribution is 2.24. The second-order valence-electron chi connectivity index (χ2n) is 3.60. The van der Waals surface area contributed by atoms with Crippen LogP contribution in [0.5, 0.6) is 0 Å². The Balaban J connectivity index is 2.64. The van der Waals surface area contributed by atoms with Crippen molar-refractivity contribution in [1.82, 2.24) is 0 Å². The average molecular weight is 312 g/mol. The lowest BCUT2D eigenvalue weighted by Crippen LogP contribution is -2.21. The van der Waals surface area contributed by atoms with E-state index in [4.69, 9.17) is 5.73 Å². The summed E-state index contributed by atoms with van der Waals surface area (Å²) in [6.45, 7) is 2.26. The molecule has 1 heterocycles. The molecule has 0 amide bonds. The van der Waals surface area contributed by atoms with Crippen LogP contribution in [0.25, 0.3) is 0 Å². The maximum Gasteiger partial charge on any atom is 0.155 e. The number of rotatable bonds is 5. The first-order chi connectivity index (χ1) is 6.93. The van der Waals surface area contributed by atoms with Gasteiger partial charge in [0.15, 0.2) is 9.84 Å². The van der Waals surface area contributed by atoms with E-state index in [1.807, 2.05) is 19.1 Å². The number of nitrogens with two attached hydrogens (primary N) is 1. The average Bonchev–Trinajstić information content (AvgIpc) is 2.49. The third-order valence-electron chi connectivity index (χ3n) is 1.93. The first-order valence-electron chi connectivity index (χ1n) is 4.57. The van der Waals surface area contributed by atoms with E-state index < -0.39 is 9.84 Å². The minimum absolute atomic E-state index is 0.0263. The molecule has 1 rings (SSSR count). The normalized spacial score (nSPS) is 14.1. The first kappa shape index (κ1) is 13.2. The highest BCUT2D eigenvalue weighted by atomic mass is 79.9. The molecule has 0 saturated carbocycles. The van der Waals surface area contributed by atoms with Crippen molar-refractivity contribution >= 4 is 37.1 Å². The van der Waals surface area contributed by atoms with Crippen LogP contribution < -0.4 is 5.73 Å². The van der Waals surface area contributed by atoms with E-state index in [9.17, 15) is 8.42 Å². The molecule has 1 atom stereocenters. The molecule has 1 unspecified atom stereocenters. The molecule has 0 aliphatic carbocycles. The molecule has 0 radical (unpaired) electrons. The van der Waals surface area contributed by atoms with Crippen LogP contribution in [0.15, 0.2) is 15.9 Å². The zero-order valence-corrected chi connectivity index (χ0v) is 11.7. The standard InChI is InChI=1S/C9H14BrNO2S2/c1-7(4-11)5-15(12,13)6-8-2-3-9(10)14-8/h2-3,7H,4-6,11H2,1H3. The van der Waals surface area contributed by atoms with Crippen LogP contribution in [0, 0.1) is 5.92 Å². The summed E-state index contributed by atoms with van der Waals surface area (Å²) in [5.74, 6) is 0.311. The topological polar surface area (TPSA) is 60.2 Å². The van der Waals surface area contributed by atoms with Crippen molar-refractivity contribution in [3.63, 3.8) is 0 Å². The Hall–Kier alpha value is 0.0900. The number of thiophene rings is 1. The number of hydrogen-bond donors (Lipinski definition) is 1. The molecule has 15 heavy (non-hydrogen) atoms. The van der Waals surface area contributed by atoms with Crippen LogP contribution in [-0.2, 0) is 15.6 Å². The zero-order chi connectivity index (χ0) is 11.5. The smallest absolute Gasteiger partial charge is 0.155 e. The second-order valence-corrected chi connectivity index (χ2v) is 8.26. The molecular weight excluding hydrogens is 298 g/mol. The van der Waals surface area contributed by atoms with E-state index in [1.165, 1.54) is 11.3 Å². The summed E-state index contributed by atoms with van der Waals surface area (Å²) in [4.78, 5) is 0.867. The van der Waals surface area contributed by atoms with Gasteiger partial charge in [0.2, 0.25) is 0 Å². The summed E-state index contributed by atoms with van der Waals surface area (Å²) in [7, 11) is -3.02. The lowest BCUT2D eigenvalue weighted by molar-refractivity contribution is 0.573. The molecule has 3 nitrogen and oxygen atoms in total. The first-order valence-corrected chi connectivity index (χ1v) is 8.01. The fourth-order valence-electron chi connectivity index (χ4n) is 1.21. The predicted octanol–water partition coefficient (Wildman–Crippen LogP) is 2.02. The van der Waals surface area contributed by atoms with Gasteiger partial charge in [0.05, 0.1) is 15.3 Å². The van der Waals surface area contributed by atoms with Gasteiger partial charge in [-0.1, -0.05) is 6.92 Å². The highest BCUT2D eigenvalue weighted by Gasteiger charge is 2.16. The van der Waals surface area contributed by atoms with Gasteiger partial charge in [-0.25, -0.2) is 8.42 Å². The third-order valence-corrected chi connectivity index (χ3v) is 5.57. The molecule has 86 valence electrons. The third kappa shape index (κ3) is 4.63. The summed E-state index contributed by atoms with van der Waals surface area (Å²) < 4.78 is 24.4. The Morgan fingerprint density at radius 2 is 2.20 bits per heavy atom. The second kappa shape index (κ2) is 5.43. The van der Waals surface area contributed by atoms with Gasteiger partial charge in [0.1, 0.15) is 0 Å². The molecule has 0 saturated heterocycles. The molecule has 0 aromatic carbocycles. The molecule has 2 N–H and O–H groups in total. The molecule has 0 spiro atoms. The molecule has 6 heteroatoms. The molecule has 0 aliphatic rings. The molecule has 1 aromatic rings. The van der Waals surface area contributed by atoms with Gasteiger partial charge in [-0.2, -0.15) is 0 Å². The number of sulfone groups is 1. The Morgan fingerprint density at radius 3 is 2.67 bits per heavy atom. The van der Waals surface area contributed by atoms with Gasteiger partial charge in [0, 0.05) is 4.88 Å². The summed E-state index contributed by atoms with van der Waals surface area (Å²) in [6, 6.07) is 3.70. The van der Waals surface area contributed by atoms with Gasteiger partial charge in [-0.15, -0.1) is 11.3 Å². The van der Waals surface area contributed by atoms with Crippen molar-refractivity contribution in [3.05, 3.63) is 20.8 Å².